The van der Waals surface area contributed by atoms with Crippen LogP contribution in [-0.2, 0) is 37.9 Å². The number of rotatable bonds is 8. The van der Waals surface area contributed by atoms with E-state index in [9.17, 15) is 51.1 Å². The summed E-state index contributed by atoms with van der Waals surface area (Å²) in [7, 11) is 0. The molecule has 0 amide bonds. The molecule has 360 valence electrons. The van der Waals surface area contributed by atoms with Crippen molar-refractivity contribution in [1.82, 2.24) is 0 Å². The Balaban J connectivity index is 0.955. The van der Waals surface area contributed by atoms with Crippen LogP contribution in [0.25, 0.3) is 0 Å². The van der Waals surface area contributed by atoms with Crippen LogP contribution in [0, 0.1) is 46.3 Å². The van der Waals surface area contributed by atoms with E-state index in [1.54, 1.807) is 0 Å². The zero-order valence-electron chi connectivity index (χ0n) is 37.0. The molecule has 8 fully saturated rings. The van der Waals surface area contributed by atoms with E-state index in [0.29, 0.717) is 30.1 Å². The number of fused-ring (bicyclic) bond motifs is 7. The smallest absolute Gasteiger partial charge is 0.187 e. The Morgan fingerprint density at radius 3 is 2.03 bits per heavy atom. The van der Waals surface area contributed by atoms with Crippen LogP contribution in [0.15, 0.2) is 11.6 Å². The Hall–Kier alpha value is -0.980. The van der Waals surface area contributed by atoms with E-state index in [1.165, 1.54) is 6.92 Å². The van der Waals surface area contributed by atoms with Crippen molar-refractivity contribution in [2.75, 3.05) is 19.8 Å². The first-order chi connectivity index (χ1) is 29.9. The van der Waals surface area contributed by atoms with Crippen LogP contribution in [0.3, 0.4) is 0 Å². The van der Waals surface area contributed by atoms with Gasteiger partial charge in [0.1, 0.15) is 67.1 Å². The van der Waals surface area contributed by atoms with Crippen LogP contribution in [0.1, 0.15) is 86.0 Å². The maximum Gasteiger partial charge on any atom is 0.187 e. The number of allylic oxidation sites excluding steroid dienone is 1. The van der Waals surface area contributed by atoms with E-state index in [2.05, 4.69) is 33.8 Å². The lowest BCUT2D eigenvalue weighted by atomic mass is 9.46. The minimum absolute atomic E-state index is 0.0450. The molecule has 3 saturated carbocycles. The molecule has 9 rings (SSSR count). The van der Waals surface area contributed by atoms with Gasteiger partial charge >= 0.3 is 0 Å². The molecule has 9 aliphatic rings. The predicted octanol–water partition coefficient (Wildman–Crippen LogP) is -0.815. The molecule has 63 heavy (non-hydrogen) atoms. The molecule has 10 N–H and O–H groups in total. The first kappa shape index (κ1) is 47.1. The summed E-state index contributed by atoms with van der Waals surface area (Å²) in [5.41, 5.74) is 0.561. The zero-order valence-corrected chi connectivity index (χ0v) is 37.0. The molecule has 18 nitrogen and oxygen atoms in total. The normalized spacial score (nSPS) is 58.1. The Bertz CT molecular complexity index is 1640. The van der Waals surface area contributed by atoms with Crippen molar-refractivity contribution in [3.63, 3.8) is 0 Å². The topological polar surface area (TPSA) is 276 Å². The quantitative estimate of drug-likeness (QED) is 0.133. The van der Waals surface area contributed by atoms with Crippen LogP contribution >= 0.6 is 0 Å². The Morgan fingerprint density at radius 1 is 0.683 bits per heavy atom. The van der Waals surface area contributed by atoms with Gasteiger partial charge in [-0.25, -0.2) is 0 Å². The van der Waals surface area contributed by atoms with Crippen molar-refractivity contribution in [3.8, 4) is 0 Å². The second kappa shape index (κ2) is 17.5. The third kappa shape index (κ3) is 7.62. The van der Waals surface area contributed by atoms with E-state index in [1.807, 2.05) is 0 Å². The molecule has 5 saturated heterocycles. The minimum atomic E-state index is -1.84. The second-order valence-corrected chi connectivity index (χ2v) is 21.2. The van der Waals surface area contributed by atoms with Crippen LogP contribution in [0.4, 0.5) is 0 Å². The van der Waals surface area contributed by atoms with Gasteiger partial charge in [-0.15, -0.1) is 0 Å². The maximum absolute atomic E-state index is 11.6. The lowest BCUT2D eigenvalue weighted by Crippen LogP contribution is -2.66. The van der Waals surface area contributed by atoms with Crippen LogP contribution in [0.2, 0.25) is 0 Å². The van der Waals surface area contributed by atoms with Gasteiger partial charge < -0.3 is 89.0 Å². The molecule has 0 bridgehead atoms. The Labute approximate surface area is 368 Å². The lowest BCUT2D eigenvalue weighted by Gasteiger charge is -2.60. The second-order valence-electron chi connectivity index (χ2n) is 21.2. The average molecular weight is 901 g/mol. The van der Waals surface area contributed by atoms with E-state index >= 15 is 0 Å². The van der Waals surface area contributed by atoms with E-state index in [4.69, 9.17) is 37.9 Å². The van der Waals surface area contributed by atoms with E-state index in [0.717, 1.165) is 50.7 Å². The highest BCUT2D eigenvalue weighted by Gasteiger charge is 2.70. The molecule has 4 aliphatic carbocycles. The highest BCUT2D eigenvalue weighted by atomic mass is 16.8. The monoisotopic (exact) mass is 900 g/mol. The molecule has 18 heteroatoms. The summed E-state index contributed by atoms with van der Waals surface area (Å²) in [5, 5.41) is 108. The molecular weight excluding hydrogens is 828 g/mol. The maximum atomic E-state index is 11.6. The summed E-state index contributed by atoms with van der Waals surface area (Å²) >= 11 is 0. The first-order valence-corrected chi connectivity index (χ1v) is 23.5. The Kier molecular flexibility index (Phi) is 13.1. The molecule has 5 heterocycles. The van der Waals surface area contributed by atoms with Gasteiger partial charge in [-0.05, 0) is 80.5 Å². The summed E-state index contributed by atoms with van der Waals surface area (Å²) in [5.74, 6) is 1.49. The summed E-state index contributed by atoms with van der Waals surface area (Å²) in [4.78, 5) is 0. The van der Waals surface area contributed by atoms with Gasteiger partial charge in [-0.3, -0.25) is 0 Å². The minimum Gasteiger partial charge on any atom is -0.394 e. The van der Waals surface area contributed by atoms with Crippen molar-refractivity contribution in [2.24, 2.45) is 46.3 Å². The SMILES string of the molecule is CC1CCC2(OC1)OC1CC3C4CC=C5CC(O)CC(OC6OC(CO)C(O)C(O)C6OC6OC(C)C(O)C(OC7OC(CO)C(O)C(O)C7O)C6O)C5(C)C4CCC3(C)C1C2C. The molecular formula is C45H72O18. The van der Waals surface area contributed by atoms with Gasteiger partial charge in [0.2, 0.25) is 0 Å². The molecule has 27 unspecified atom stereocenters. The van der Waals surface area contributed by atoms with E-state index in [-0.39, 0.29) is 29.8 Å². The standard InChI is InChI=1S/C45H72O18/c1-18-8-11-45(56-17-18)19(2)30-26(63-45)14-25-23-7-6-21-12-22(48)13-29(44(21,5)24(23)9-10-43(25,30)4)60-42-39(35(53)33(51)28(16-47)59-42)62-41-37(55)38(31(49)20(3)57-41)61-40-36(54)34(52)32(50)27(15-46)58-40/h6,18-20,22-42,46-55H,7-17H2,1-5H3. The largest absolute Gasteiger partial charge is 0.394 e. The summed E-state index contributed by atoms with van der Waals surface area (Å²) in [6.07, 6.45) is -16.3. The fourth-order valence-electron chi connectivity index (χ4n) is 14.1. The van der Waals surface area contributed by atoms with Gasteiger partial charge in [0, 0.05) is 24.2 Å². The van der Waals surface area contributed by atoms with Gasteiger partial charge in [0.25, 0.3) is 0 Å². The number of aliphatic hydroxyl groups is 10. The number of aliphatic hydroxyl groups excluding tert-OH is 10. The van der Waals surface area contributed by atoms with Gasteiger partial charge in [0.15, 0.2) is 24.7 Å². The molecule has 0 aromatic carbocycles. The Morgan fingerprint density at radius 2 is 1.35 bits per heavy atom. The fourth-order valence-corrected chi connectivity index (χ4v) is 14.1. The molecule has 5 aliphatic heterocycles. The van der Waals surface area contributed by atoms with Gasteiger partial charge in [0.05, 0.1) is 44.2 Å². The van der Waals surface area contributed by atoms with Crippen LogP contribution in [0.5, 0.6) is 0 Å². The average Bonchev–Trinajstić information content (AvgIpc) is 3.70. The molecule has 1 spiro atoms. The number of hydrogen-bond acceptors (Lipinski definition) is 18. The summed E-state index contributed by atoms with van der Waals surface area (Å²) in [6, 6.07) is 0. The third-order valence-electron chi connectivity index (χ3n) is 17.7. The fraction of sp³-hybridized carbons (Fsp3) is 0.956. The summed E-state index contributed by atoms with van der Waals surface area (Å²) in [6.45, 7) is 10.0. The van der Waals surface area contributed by atoms with Crippen molar-refractivity contribution in [3.05, 3.63) is 11.6 Å². The molecule has 27 atom stereocenters. The summed E-state index contributed by atoms with van der Waals surface area (Å²) < 4.78 is 50.1. The number of hydrogen-bond donors (Lipinski definition) is 10. The van der Waals surface area contributed by atoms with Crippen LogP contribution < -0.4 is 0 Å². The highest BCUT2D eigenvalue weighted by molar-refractivity contribution is 5.29. The molecule has 0 aromatic heterocycles. The van der Waals surface area contributed by atoms with Crippen molar-refractivity contribution >= 4 is 0 Å². The predicted molar refractivity (Wildman–Crippen MR) is 216 cm³/mol. The van der Waals surface area contributed by atoms with Gasteiger partial charge in [-0.1, -0.05) is 39.3 Å². The highest BCUT2D eigenvalue weighted by Crippen LogP contribution is 2.71. The third-order valence-corrected chi connectivity index (χ3v) is 17.7. The van der Waals surface area contributed by atoms with Crippen molar-refractivity contribution < 1.29 is 89.0 Å². The van der Waals surface area contributed by atoms with Crippen molar-refractivity contribution in [1.29, 1.82) is 0 Å². The van der Waals surface area contributed by atoms with E-state index < -0.39 is 129 Å². The van der Waals surface area contributed by atoms with Crippen LogP contribution in [-0.4, -0.2) is 187 Å². The van der Waals surface area contributed by atoms with Gasteiger partial charge in [-0.2, -0.15) is 0 Å². The zero-order chi connectivity index (χ0) is 45.1. The molecule has 0 radical (unpaired) electrons. The number of ether oxygens (including phenoxy) is 8. The lowest BCUT2D eigenvalue weighted by molar-refractivity contribution is -0.388. The van der Waals surface area contributed by atoms with Crippen molar-refractivity contribution in [2.45, 2.75) is 202 Å². The first-order valence-electron chi connectivity index (χ1n) is 23.5. The molecule has 0 aromatic rings.